The molecule has 1 aromatic rings. The van der Waals surface area contributed by atoms with Crippen molar-refractivity contribution in [3.63, 3.8) is 0 Å². The van der Waals surface area contributed by atoms with Crippen molar-refractivity contribution in [1.29, 1.82) is 0 Å². The average Bonchev–Trinajstić information content (AvgIpc) is 2.83. The zero-order valence-corrected chi connectivity index (χ0v) is 12.4. The van der Waals surface area contributed by atoms with E-state index in [4.69, 9.17) is 34.7 Å². The highest BCUT2D eigenvalue weighted by Crippen LogP contribution is 2.31. The Bertz CT molecular complexity index is 467. The molecule has 3 N–H and O–H groups in total. The van der Waals surface area contributed by atoms with Crippen molar-refractivity contribution in [2.24, 2.45) is 5.73 Å². The van der Waals surface area contributed by atoms with E-state index in [0.717, 1.165) is 30.6 Å². The summed E-state index contributed by atoms with van der Waals surface area (Å²) in [5.41, 5.74) is 7.46. The highest BCUT2D eigenvalue weighted by Gasteiger charge is 2.24. The molecule has 1 aromatic carbocycles. The van der Waals surface area contributed by atoms with Crippen LogP contribution in [0.2, 0.25) is 5.02 Å². The maximum Gasteiger partial charge on any atom is 0.105 e. The van der Waals surface area contributed by atoms with Gasteiger partial charge in [0.25, 0.3) is 0 Å². The molecule has 0 aliphatic carbocycles. The Labute approximate surface area is 124 Å². The number of anilines is 1. The zero-order valence-electron chi connectivity index (χ0n) is 10.8. The minimum Gasteiger partial charge on any atom is -0.396 e. The molecule has 0 bridgehead atoms. The van der Waals surface area contributed by atoms with Crippen molar-refractivity contribution in [1.82, 2.24) is 0 Å². The summed E-state index contributed by atoms with van der Waals surface area (Å²) in [6.45, 7) is 1.30. The summed E-state index contributed by atoms with van der Waals surface area (Å²) in [4.78, 5) is 2.69. The van der Waals surface area contributed by atoms with Crippen molar-refractivity contribution in [2.45, 2.75) is 31.7 Å². The molecule has 1 aliphatic rings. The maximum absolute atomic E-state index is 8.96. The van der Waals surface area contributed by atoms with Crippen LogP contribution in [-0.4, -0.2) is 29.3 Å². The second-order valence-electron chi connectivity index (χ2n) is 4.88. The van der Waals surface area contributed by atoms with Crippen LogP contribution in [0, 0.1) is 0 Å². The summed E-state index contributed by atoms with van der Waals surface area (Å²) < 4.78 is 0. The van der Waals surface area contributed by atoms with Gasteiger partial charge in [-0.25, -0.2) is 0 Å². The summed E-state index contributed by atoms with van der Waals surface area (Å²) in [7, 11) is 0. The molecule has 5 heteroatoms. The highest BCUT2D eigenvalue weighted by molar-refractivity contribution is 7.80. The summed E-state index contributed by atoms with van der Waals surface area (Å²) in [6, 6.07) is 6.35. The van der Waals surface area contributed by atoms with Gasteiger partial charge in [0.15, 0.2) is 0 Å². The first-order chi connectivity index (χ1) is 9.13. The monoisotopic (exact) mass is 298 g/mol. The molecule has 1 heterocycles. The van der Waals surface area contributed by atoms with Crippen LogP contribution in [0.4, 0.5) is 5.69 Å². The first kappa shape index (κ1) is 14.6. The van der Waals surface area contributed by atoms with Gasteiger partial charge >= 0.3 is 0 Å². The number of rotatable bonds is 5. The molecule has 1 saturated heterocycles. The lowest BCUT2D eigenvalue weighted by atomic mass is 10.1. The lowest BCUT2D eigenvalue weighted by Crippen LogP contribution is -2.29. The molecule has 0 aromatic heterocycles. The first-order valence-electron chi connectivity index (χ1n) is 6.60. The third-order valence-corrected chi connectivity index (χ3v) is 4.15. The lowest BCUT2D eigenvalue weighted by molar-refractivity contribution is 0.279. The molecular weight excluding hydrogens is 280 g/mol. The van der Waals surface area contributed by atoms with Gasteiger partial charge in [-0.05, 0) is 43.9 Å². The quantitative estimate of drug-likeness (QED) is 0.821. The van der Waals surface area contributed by atoms with E-state index in [1.165, 1.54) is 12.8 Å². The number of aliphatic hydroxyl groups is 1. The van der Waals surface area contributed by atoms with E-state index in [9.17, 15) is 0 Å². The maximum atomic E-state index is 8.96. The van der Waals surface area contributed by atoms with Gasteiger partial charge in [0.1, 0.15) is 4.99 Å². The van der Waals surface area contributed by atoms with Gasteiger partial charge in [0.05, 0.1) is 5.02 Å². The van der Waals surface area contributed by atoms with Crippen LogP contribution in [0.15, 0.2) is 18.2 Å². The summed E-state index contributed by atoms with van der Waals surface area (Å²) >= 11 is 11.2. The van der Waals surface area contributed by atoms with Gasteiger partial charge in [0.2, 0.25) is 0 Å². The van der Waals surface area contributed by atoms with Gasteiger partial charge in [-0.1, -0.05) is 23.8 Å². The molecule has 19 heavy (non-hydrogen) atoms. The standard InChI is InChI=1S/C14H19ClN2OS/c15-13-9-11(5-6-12(13)14(16)19)17-7-1-3-10(17)4-2-8-18/h5-6,9-10,18H,1-4,7-8H2,(H2,16,19). The molecule has 0 spiro atoms. The second-order valence-corrected chi connectivity index (χ2v) is 5.73. The van der Waals surface area contributed by atoms with Gasteiger partial charge in [-0.15, -0.1) is 0 Å². The van der Waals surface area contributed by atoms with E-state index < -0.39 is 0 Å². The third kappa shape index (κ3) is 3.38. The average molecular weight is 299 g/mol. The topological polar surface area (TPSA) is 49.5 Å². The molecule has 1 unspecified atom stereocenters. The van der Waals surface area contributed by atoms with Crippen molar-refractivity contribution in [3.8, 4) is 0 Å². The van der Waals surface area contributed by atoms with Crippen LogP contribution in [0.5, 0.6) is 0 Å². The highest BCUT2D eigenvalue weighted by atomic mass is 35.5. The second kappa shape index (κ2) is 6.55. The van der Waals surface area contributed by atoms with E-state index in [0.29, 0.717) is 16.1 Å². The SMILES string of the molecule is NC(=S)c1ccc(N2CCCC2CCCO)cc1Cl. The van der Waals surface area contributed by atoms with E-state index in [-0.39, 0.29) is 6.61 Å². The fourth-order valence-electron chi connectivity index (χ4n) is 2.69. The Morgan fingerprint density at radius 3 is 2.95 bits per heavy atom. The van der Waals surface area contributed by atoms with Crippen molar-refractivity contribution in [3.05, 3.63) is 28.8 Å². The Morgan fingerprint density at radius 1 is 1.53 bits per heavy atom. The van der Waals surface area contributed by atoms with Gasteiger partial charge in [-0.3, -0.25) is 0 Å². The third-order valence-electron chi connectivity index (χ3n) is 3.62. The van der Waals surface area contributed by atoms with Crippen molar-refractivity contribution >= 4 is 34.5 Å². The molecule has 104 valence electrons. The fourth-order valence-corrected chi connectivity index (χ4v) is 3.20. The van der Waals surface area contributed by atoms with Gasteiger partial charge < -0.3 is 15.7 Å². The molecule has 0 radical (unpaired) electrons. The van der Waals surface area contributed by atoms with Crippen LogP contribution in [0.25, 0.3) is 0 Å². The molecule has 0 amide bonds. The predicted octanol–water partition coefficient (Wildman–Crippen LogP) is 2.72. The lowest BCUT2D eigenvalue weighted by Gasteiger charge is -2.27. The van der Waals surface area contributed by atoms with Gasteiger partial charge in [0, 0.05) is 30.4 Å². The normalized spacial score (nSPS) is 18.8. The molecule has 0 saturated carbocycles. The molecule has 1 fully saturated rings. The zero-order chi connectivity index (χ0) is 13.8. The number of nitrogens with two attached hydrogens (primary N) is 1. The Balaban J connectivity index is 2.16. The molecule has 2 rings (SSSR count). The number of nitrogens with zero attached hydrogens (tertiary/aromatic N) is 1. The summed E-state index contributed by atoms with van der Waals surface area (Å²) in [5, 5.41) is 9.57. The molecule has 1 aliphatic heterocycles. The number of benzene rings is 1. The smallest absolute Gasteiger partial charge is 0.105 e. The van der Waals surface area contributed by atoms with Gasteiger partial charge in [-0.2, -0.15) is 0 Å². The Morgan fingerprint density at radius 2 is 2.32 bits per heavy atom. The summed E-state index contributed by atoms with van der Waals surface area (Å²) in [6.07, 6.45) is 4.23. The molecule has 3 nitrogen and oxygen atoms in total. The van der Waals surface area contributed by atoms with Crippen LogP contribution < -0.4 is 10.6 Å². The number of hydrogen-bond acceptors (Lipinski definition) is 3. The Kier molecular flexibility index (Phi) is 5.02. The first-order valence-corrected chi connectivity index (χ1v) is 7.39. The summed E-state index contributed by atoms with van der Waals surface area (Å²) in [5.74, 6) is 0. The van der Waals surface area contributed by atoms with Crippen LogP contribution >= 0.6 is 23.8 Å². The van der Waals surface area contributed by atoms with E-state index in [2.05, 4.69) is 4.90 Å². The number of halogens is 1. The minimum atomic E-state index is 0.255. The largest absolute Gasteiger partial charge is 0.396 e. The van der Waals surface area contributed by atoms with Crippen LogP contribution in [0.3, 0.4) is 0 Å². The number of thiocarbonyl (C=S) groups is 1. The predicted molar refractivity (Wildman–Crippen MR) is 84.0 cm³/mol. The number of hydrogen-bond donors (Lipinski definition) is 2. The van der Waals surface area contributed by atoms with E-state index >= 15 is 0 Å². The molecular formula is C14H19ClN2OS. The van der Waals surface area contributed by atoms with Crippen LogP contribution in [-0.2, 0) is 0 Å². The minimum absolute atomic E-state index is 0.255. The number of aliphatic hydroxyl groups excluding tert-OH is 1. The van der Waals surface area contributed by atoms with E-state index in [1.54, 1.807) is 0 Å². The van der Waals surface area contributed by atoms with E-state index in [1.807, 2.05) is 18.2 Å². The van der Waals surface area contributed by atoms with Crippen molar-refractivity contribution in [2.75, 3.05) is 18.1 Å². The molecule has 1 atom stereocenters. The Hall–Kier alpha value is -0.840. The van der Waals surface area contributed by atoms with Crippen LogP contribution in [0.1, 0.15) is 31.2 Å². The van der Waals surface area contributed by atoms with Crippen molar-refractivity contribution < 1.29 is 5.11 Å². The fraction of sp³-hybridized carbons (Fsp3) is 0.500.